The Labute approximate surface area is 120 Å². The Morgan fingerprint density at radius 3 is 2.90 bits per heavy atom. The third-order valence-corrected chi connectivity index (χ3v) is 4.11. The maximum Gasteiger partial charge on any atom is 0.208 e. The second kappa shape index (κ2) is 6.56. The molecule has 5 nitrogen and oxygen atoms in total. The summed E-state index contributed by atoms with van der Waals surface area (Å²) in [5.74, 6) is 0.998. The van der Waals surface area contributed by atoms with Gasteiger partial charge in [0.2, 0.25) is 10.0 Å². The minimum atomic E-state index is -3.08. The molecule has 0 radical (unpaired) electrons. The fourth-order valence-electron chi connectivity index (χ4n) is 2.26. The molecule has 0 fully saturated rings. The highest BCUT2D eigenvalue weighted by molar-refractivity contribution is 7.88. The van der Waals surface area contributed by atoms with Gasteiger partial charge in [-0.25, -0.2) is 13.1 Å². The number of fused-ring (bicyclic) bond motifs is 1. The number of benzene rings is 1. The van der Waals surface area contributed by atoms with Crippen molar-refractivity contribution in [2.45, 2.75) is 25.8 Å². The smallest absolute Gasteiger partial charge is 0.208 e. The maximum atomic E-state index is 10.9. The van der Waals surface area contributed by atoms with E-state index < -0.39 is 10.0 Å². The van der Waals surface area contributed by atoms with Crippen molar-refractivity contribution in [3.05, 3.63) is 29.3 Å². The fraction of sp³-hybridized carbons (Fsp3) is 0.571. The first kappa shape index (κ1) is 15.3. The van der Waals surface area contributed by atoms with Crippen molar-refractivity contribution >= 4 is 10.0 Å². The summed E-state index contributed by atoms with van der Waals surface area (Å²) in [5.41, 5.74) is 2.51. The Hall–Kier alpha value is -1.11. The standard InChI is InChI=1S/C14H22N2O3S/c1-11(15-7-3-8-16-20(2,17)18)12-4-5-14-13(10-12)6-9-19-14/h4-5,10-11,15-16H,3,6-9H2,1-2H3. The lowest BCUT2D eigenvalue weighted by molar-refractivity contribution is 0.356. The van der Waals surface area contributed by atoms with Crippen LogP contribution in [0, 0.1) is 0 Å². The van der Waals surface area contributed by atoms with E-state index >= 15 is 0 Å². The molecule has 0 bridgehead atoms. The van der Waals surface area contributed by atoms with E-state index in [4.69, 9.17) is 4.74 Å². The first-order valence-electron chi connectivity index (χ1n) is 6.89. The third-order valence-electron chi connectivity index (χ3n) is 3.38. The van der Waals surface area contributed by atoms with Crippen molar-refractivity contribution < 1.29 is 13.2 Å². The van der Waals surface area contributed by atoms with Gasteiger partial charge in [-0.2, -0.15) is 0 Å². The van der Waals surface area contributed by atoms with Crippen molar-refractivity contribution in [1.82, 2.24) is 10.0 Å². The minimum absolute atomic E-state index is 0.249. The van der Waals surface area contributed by atoms with Crippen molar-refractivity contribution in [3.63, 3.8) is 0 Å². The monoisotopic (exact) mass is 298 g/mol. The van der Waals surface area contributed by atoms with Crippen LogP contribution in [0.15, 0.2) is 18.2 Å². The van der Waals surface area contributed by atoms with Crippen LogP contribution in [0.1, 0.15) is 30.5 Å². The molecular formula is C14H22N2O3S. The average molecular weight is 298 g/mol. The summed E-state index contributed by atoms with van der Waals surface area (Å²) in [4.78, 5) is 0. The summed E-state index contributed by atoms with van der Waals surface area (Å²) in [7, 11) is -3.08. The molecule has 1 atom stereocenters. The van der Waals surface area contributed by atoms with Crippen LogP contribution in [-0.2, 0) is 16.4 Å². The highest BCUT2D eigenvalue weighted by Crippen LogP contribution is 2.27. The van der Waals surface area contributed by atoms with E-state index in [9.17, 15) is 8.42 Å². The van der Waals surface area contributed by atoms with Crippen LogP contribution in [0.5, 0.6) is 5.75 Å². The molecule has 1 aromatic rings. The molecule has 0 saturated heterocycles. The highest BCUT2D eigenvalue weighted by atomic mass is 32.2. The van der Waals surface area contributed by atoms with Gasteiger partial charge in [0.15, 0.2) is 0 Å². The van der Waals surface area contributed by atoms with Gasteiger partial charge in [0.25, 0.3) is 0 Å². The lowest BCUT2D eigenvalue weighted by atomic mass is 10.0. The van der Waals surface area contributed by atoms with Crippen LogP contribution in [-0.4, -0.2) is 34.4 Å². The molecule has 2 rings (SSSR count). The zero-order chi connectivity index (χ0) is 14.6. The third kappa shape index (κ3) is 4.47. The molecule has 1 unspecified atom stereocenters. The molecule has 1 heterocycles. The van der Waals surface area contributed by atoms with E-state index in [-0.39, 0.29) is 6.04 Å². The van der Waals surface area contributed by atoms with Gasteiger partial charge in [-0.05, 0) is 37.1 Å². The van der Waals surface area contributed by atoms with Gasteiger partial charge >= 0.3 is 0 Å². The molecule has 112 valence electrons. The second-order valence-electron chi connectivity index (χ2n) is 5.16. The van der Waals surface area contributed by atoms with Crippen LogP contribution >= 0.6 is 0 Å². The van der Waals surface area contributed by atoms with Gasteiger partial charge in [-0.1, -0.05) is 12.1 Å². The Bertz CT molecular complexity index is 558. The van der Waals surface area contributed by atoms with E-state index in [1.54, 1.807) is 0 Å². The normalized spacial score (nSPS) is 15.7. The Morgan fingerprint density at radius 1 is 1.35 bits per heavy atom. The predicted molar refractivity (Wildman–Crippen MR) is 79.5 cm³/mol. The lowest BCUT2D eigenvalue weighted by Gasteiger charge is -2.15. The summed E-state index contributed by atoms with van der Waals surface area (Å²) in [6.45, 7) is 4.13. The number of rotatable bonds is 7. The van der Waals surface area contributed by atoms with E-state index in [1.807, 2.05) is 6.07 Å². The number of ether oxygens (including phenoxy) is 1. The van der Waals surface area contributed by atoms with Crippen molar-refractivity contribution in [1.29, 1.82) is 0 Å². The van der Waals surface area contributed by atoms with Gasteiger partial charge in [0.05, 0.1) is 12.9 Å². The van der Waals surface area contributed by atoms with Crippen LogP contribution in [0.2, 0.25) is 0 Å². The number of sulfonamides is 1. The molecule has 1 aliphatic rings. The Morgan fingerprint density at radius 2 is 2.15 bits per heavy atom. The van der Waals surface area contributed by atoms with Gasteiger partial charge in [-0.15, -0.1) is 0 Å². The molecule has 0 spiro atoms. The number of hydrogen-bond donors (Lipinski definition) is 2. The summed E-state index contributed by atoms with van der Waals surface area (Å²) in [6, 6.07) is 6.55. The fourth-order valence-corrected chi connectivity index (χ4v) is 2.77. The van der Waals surface area contributed by atoms with Gasteiger partial charge in [-0.3, -0.25) is 0 Å². The van der Waals surface area contributed by atoms with Crippen LogP contribution in [0.3, 0.4) is 0 Å². The first-order valence-corrected chi connectivity index (χ1v) is 8.78. The molecule has 0 aliphatic carbocycles. The van der Waals surface area contributed by atoms with Crippen molar-refractivity contribution in [2.75, 3.05) is 26.0 Å². The molecular weight excluding hydrogens is 276 g/mol. The predicted octanol–water partition coefficient (Wildman–Crippen LogP) is 1.21. The zero-order valence-corrected chi connectivity index (χ0v) is 12.8. The molecule has 2 N–H and O–H groups in total. The van der Waals surface area contributed by atoms with E-state index in [0.29, 0.717) is 6.54 Å². The topological polar surface area (TPSA) is 67.4 Å². The molecule has 1 aromatic carbocycles. The largest absolute Gasteiger partial charge is 0.493 e. The van der Waals surface area contributed by atoms with Crippen LogP contribution < -0.4 is 14.8 Å². The lowest BCUT2D eigenvalue weighted by Crippen LogP contribution is -2.27. The number of hydrogen-bond acceptors (Lipinski definition) is 4. The SMILES string of the molecule is CC(NCCCNS(C)(=O)=O)c1ccc2c(c1)CCO2. The molecule has 0 aromatic heterocycles. The maximum absolute atomic E-state index is 10.9. The van der Waals surface area contributed by atoms with E-state index in [0.717, 1.165) is 31.7 Å². The quantitative estimate of drug-likeness (QED) is 0.743. The summed E-state index contributed by atoms with van der Waals surface area (Å²) in [5, 5.41) is 3.40. The molecule has 20 heavy (non-hydrogen) atoms. The summed E-state index contributed by atoms with van der Waals surface area (Å²) >= 11 is 0. The van der Waals surface area contributed by atoms with Crippen molar-refractivity contribution in [2.24, 2.45) is 0 Å². The van der Waals surface area contributed by atoms with Gasteiger partial charge < -0.3 is 10.1 Å². The zero-order valence-electron chi connectivity index (χ0n) is 12.0. The molecule has 1 aliphatic heterocycles. The minimum Gasteiger partial charge on any atom is -0.493 e. The summed E-state index contributed by atoms with van der Waals surface area (Å²) < 4.78 is 29.8. The van der Waals surface area contributed by atoms with Gasteiger partial charge in [0.1, 0.15) is 5.75 Å². The van der Waals surface area contributed by atoms with Crippen LogP contribution in [0.4, 0.5) is 0 Å². The second-order valence-corrected chi connectivity index (χ2v) is 6.99. The van der Waals surface area contributed by atoms with E-state index in [1.165, 1.54) is 17.4 Å². The number of nitrogens with one attached hydrogen (secondary N) is 2. The Kier molecular flexibility index (Phi) is 5.01. The average Bonchev–Trinajstić information content (AvgIpc) is 2.83. The first-order chi connectivity index (χ1) is 9.46. The van der Waals surface area contributed by atoms with E-state index in [2.05, 4.69) is 29.1 Å². The van der Waals surface area contributed by atoms with Crippen LogP contribution in [0.25, 0.3) is 0 Å². The summed E-state index contributed by atoms with van der Waals surface area (Å²) in [6.07, 6.45) is 2.93. The van der Waals surface area contributed by atoms with Gasteiger partial charge in [0, 0.05) is 19.0 Å². The molecule has 0 amide bonds. The molecule has 0 saturated carbocycles. The molecule has 6 heteroatoms. The Balaban J connectivity index is 1.76. The highest BCUT2D eigenvalue weighted by Gasteiger charge is 2.14. The van der Waals surface area contributed by atoms with Crippen molar-refractivity contribution in [3.8, 4) is 5.75 Å².